The second-order valence-electron chi connectivity index (χ2n) is 6.37. The molecule has 2 amide bonds. The molecule has 0 N–H and O–H groups in total. The van der Waals surface area contributed by atoms with Gasteiger partial charge in [-0.1, -0.05) is 12.8 Å². The van der Waals surface area contributed by atoms with Gasteiger partial charge in [-0.2, -0.15) is 0 Å². The highest BCUT2D eigenvalue weighted by molar-refractivity contribution is 6.05. The maximum atomic E-state index is 12.4. The van der Waals surface area contributed by atoms with Crippen molar-refractivity contribution in [1.29, 1.82) is 0 Å². The number of carboxylic acids is 1. The summed E-state index contributed by atoms with van der Waals surface area (Å²) in [5.74, 6) is -1.63. The van der Waals surface area contributed by atoms with Gasteiger partial charge < -0.3 is 9.90 Å². The predicted molar refractivity (Wildman–Crippen MR) is 68.1 cm³/mol. The third-order valence-electron chi connectivity index (χ3n) is 5.27. The minimum absolute atomic E-state index is 0.00315. The summed E-state index contributed by atoms with van der Waals surface area (Å²) >= 11 is 0. The summed E-state index contributed by atoms with van der Waals surface area (Å²) in [5, 5.41) is 10.9. The largest absolute Gasteiger partial charge is 0.550 e. The first kappa shape index (κ1) is 13.6. The fourth-order valence-electron chi connectivity index (χ4n) is 4.12. The van der Waals surface area contributed by atoms with Crippen LogP contribution >= 0.6 is 0 Å². The molecule has 2 aliphatic carbocycles. The Balaban J connectivity index is 1.70. The van der Waals surface area contributed by atoms with Crippen LogP contribution in [0.2, 0.25) is 0 Å². The molecule has 1 saturated heterocycles. The predicted octanol–water partition coefficient (Wildman–Crippen LogP) is 0.470. The maximum Gasteiger partial charge on any atom is 0.233 e. The molecule has 2 atom stereocenters. The first-order valence-electron chi connectivity index (χ1n) is 7.67. The molecule has 5 nitrogen and oxygen atoms in total. The van der Waals surface area contributed by atoms with Crippen LogP contribution in [-0.4, -0.2) is 28.7 Å². The van der Waals surface area contributed by atoms with Crippen LogP contribution in [0.4, 0.5) is 0 Å². The van der Waals surface area contributed by atoms with Crippen molar-refractivity contribution >= 4 is 17.8 Å². The molecule has 0 radical (unpaired) electrons. The van der Waals surface area contributed by atoms with Crippen LogP contribution < -0.4 is 5.11 Å². The number of aliphatic carboxylic acids is 1. The third-order valence-corrected chi connectivity index (χ3v) is 5.27. The minimum Gasteiger partial charge on any atom is -0.550 e. The zero-order chi connectivity index (χ0) is 14.3. The molecule has 0 unspecified atom stereocenters. The fraction of sp³-hybridized carbons (Fsp3) is 0.800. The Labute approximate surface area is 118 Å². The molecular weight excluding hydrogens is 258 g/mol. The zero-order valence-electron chi connectivity index (χ0n) is 11.5. The summed E-state index contributed by atoms with van der Waals surface area (Å²) in [5.41, 5.74) is 0. The van der Waals surface area contributed by atoms with Gasteiger partial charge in [0.15, 0.2) is 0 Å². The number of hydrogen-bond acceptors (Lipinski definition) is 4. The molecule has 0 bridgehead atoms. The molecular formula is C15H20NO4-. The number of rotatable bonds is 2. The SMILES string of the molecule is O=C([O-])C1CCC(N2C(=O)[C@H]3CCCC[C@@H]3C2=O)CC1. The Morgan fingerprint density at radius 2 is 1.40 bits per heavy atom. The van der Waals surface area contributed by atoms with Crippen molar-refractivity contribution in [2.45, 2.75) is 57.4 Å². The van der Waals surface area contributed by atoms with Crippen molar-refractivity contribution in [1.82, 2.24) is 4.90 Å². The van der Waals surface area contributed by atoms with Crippen molar-refractivity contribution in [3.63, 3.8) is 0 Å². The lowest BCUT2D eigenvalue weighted by molar-refractivity contribution is -0.312. The van der Waals surface area contributed by atoms with Gasteiger partial charge in [0.05, 0.1) is 11.8 Å². The standard InChI is InChI=1S/C15H21NO4/c17-13-11-3-1-2-4-12(11)14(18)16(13)10-7-5-9(6-8-10)15(19)20/h9-12H,1-8H2,(H,19,20)/p-1/t9?,10?,11-,12-/m0/s1. The van der Waals surface area contributed by atoms with E-state index in [1.54, 1.807) is 0 Å². The molecule has 0 spiro atoms. The van der Waals surface area contributed by atoms with Gasteiger partial charge in [0.25, 0.3) is 0 Å². The molecule has 3 rings (SSSR count). The Kier molecular flexibility index (Phi) is 3.52. The molecule has 3 aliphatic rings. The first-order valence-corrected chi connectivity index (χ1v) is 7.67. The molecule has 110 valence electrons. The van der Waals surface area contributed by atoms with E-state index in [-0.39, 0.29) is 29.7 Å². The van der Waals surface area contributed by atoms with E-state index in [1.165, 1.54) is 4.90 Å². The first-order chi connectivity index (χ1) is 9.59. The number of hydrogen-bond donors (Lipinski definition) is 0. The van der Waals surface area contributed by atoms with E-state index < -0.39 is 11.9 Å². The molecule has 0 aromatic carbocycles. The Morgan fingerprint density at radius 1 is 0.900 bits per heavy atom. The van der Waals surface area contributed by atoms with Crippen LogP contribution in [0.25, 0.3) is 0 Å². The molecule has 0 aromatic heterocycles. The van der Waals surface area contributed by atoms with Crippen molar-refractivity contribution in [3.05, 3.63) is 0 Å². The molecule has 2 saturated carbocycles. The minimum atomic E-state index is -1.00. The van der Waals surface area contributed by atoms with Crippen LogP contribution in [-0.2, 0) is 14.4 Å². The summed E-state index contributed by atoms with van der Waals surface area (Å²) in [6.07, 6.45) is 5.97. The van der Waals surface area contributed by atoms with E-state index in [0.717, 1.165) is 25.7 Å². The lowest BCUT2D eigenvalue weighted by Gasteiger charge is -2.34. The van der Waals surface area contributed by atoms with Crippen LogP contribution in [0.5, 0.6) is 0 Å². The van der Waals surface area contributed by atoms with E-state index in [2.05, 4.69) is 0 Å². The molecule has 3 fully saturated rings. The molecule has 20 heavy (non-hydrogen) atoms. The second-order valence-corrected chi connectivity index (χ2v) is 6.37. The highest BCUT2D eigenvalue weighted by atomic mass is 16.4. The van der Waals surface area contributed by atoms with Crippen molar-refractivity contribution in [3.8, 4) is 0 Å². The van der Waals surface area contributed by atoms with Crippen LogP contribution in [0.15, 0.2) is 0 Å². The van der Waals surface area contributed by atoms with E-state index in [4.69, 9.17) is 0 Å². The fourth-order valence-corrected chi connectivity index (χ4v) is 4.12. The summed E-state index contributed by atoms with van der Waals surface area (Å²) in [4.78, 5) is 37.2. The molecule has 1 heterocycles. The van der Waals surface area contributed by atoms with Gasteiger partial charge in [0, 0.05) is 12.0 Å². The van der Waals surface area contributed by atoms with Crippen LogP contribution in [0.3, 0.4) is 0 Å². The van der Waals surface area contributed by atoms with E-state index >= 15 is 0 Å². The van der Waals surface area contributed by atoms with E-state index in [0.29, 0.717) is 25.7 Å². The number of imide groups is 1. The summed E-state index contributed by atoms with van der Waals surface area (Å²) in [6, 6.07) is -0.0869. The van der Waals surface area contributed by atoms with Crippen molar-refractivity contribution in [2.75, 3.05) is 0 Å². The van der Waals surface area contributed by atoms with Crippen molar-refractivity contribution < 1.29 is 19.5 Å². The molecule has 0 aromatic rings. The van der Waals surface area contributed by atoms with Gasteiger partial charge in [-0.05, 0) is 44.4 Å². The van der Waals surface area contributed by atoms with Gasteiger partial charge in [-0.25, -0.2) is 0 Å². The van der Waals surface area contributed by atoms with E-state index in [1.807, 2.05) is 0 Å². The molecule has 1 aliphatic heterocycles. The number of likely N-dealkylation sites (tertiary alicyclic amines) is 1. The van der Waals surface area contributed by atoms with Crippen LogP contribution in [0.1, 0.15) is 51.4 Å². The maximum absolute atomic E-state index is 12.4. The smallest absolute Gasteiger partial charge is 0.233 e. The zero-order valence-corrected chi connectivity index (χ0v) is 11.5. The highest BCUT2D eigenvalue weighted by Gasteiger charge is 2.50. The normalized spacial score (nSPS) is 37.9. The van der Waals surface area contributed by atoms with Gasteiger partial charge in [0.2, 0.25) is 11.8 Å². The highest BCUT2D eigenvalue weighted by Crippen LogP contribution is 2.41. The summed E-state index contributed by atoms with van der Waals surface area (Å²) < 4.78 is 0. The number of nitrogens with zero attached hydrogens (tertiary/aromatic N) is 1. The Morgan fingerprint density at radius 3 is 1.85 bits per heavy atom. The van der Waals surface area contributed by atoms with E-state index in [9.17, 15) is 19.5 Å². The van der Waals surface area contributed by atoms with Gasteiger partial charge in [0.1, 0.15) is 0 Å². The lowest BCUT2D eigenvalue weighted by Crippen LogP contribution is -2.44. The number of amides is 2. The Hall–Kier alpha value is -1.39. The van der Waals surface area contributed by atoms with Gasteiger partial charge in [-0.3, -0.25) is 14.5 Å². The second kappa shape index (κ2) is 5.19. The summed E-state index contributed by atoms with van der Waals surface area (Å²) in [6.45, 7) is 0. The third kappa shape index (κ3) is 2.13. The van der Waals surface area contributed by atoms with Gasteiger partial charge >= 0.3 is 0 Å². The van der Waals surface area contributed by atoms with Gasteiger partial charge in [-0.15, -0.1) is 0 Å². The Bertz CT molecular complexity index is 415. The number of fused-ring (bicyclic) bond motifs is 1. The average molecular weight is 278 g/mol. The topological polar surface area (TPSA) is 77.5 Å². The number of carbonyl (C=O) groups excluding carboxylic acids is 3. The van der Waals surface area contributed by atoms with Crippen molar-refractivity contribution in [2.24, 2.45) is 17.8 Å². The lowest BCUT2D eigenvalue weighted by atomic mass is 9.81. The number of carboxylic acid groups (broad SMARTS) is 1. The average Bonchev–Trinajstić information content (AvgIpc) is 2.72. The number of carbonyl (C=O) groups is 3. The summed E-state index contributed by atoms with van der Waals surface area (Å²) in [7, 11) is 0. The van der Waals surface area contributed by atoms with Crippen LogP contribution in [0, 0.1) is 17.8 Å². The monoisotopic (exact) mass is 278 g/mol. The molecule has 5 heteroatoms. The quantitative estimate of drug-likeness (QED) is 0.688.